The minimum Gasteiger partial charge on any atom is -0.548 e. The Morgan fingerprint density at radius 1 is 1.58 bits per heavy atom. The number of carbonyl (C=O) groups is 2. The fourth-order valence-electron chi connectivity index (χ4n) is 0.642. The van der Waals surface area contributed by atoms with Gasteiger partial charge in [-0.25, -0.2) is 0 Å². The van der Waals surface area contributed by atoms with Crippen molar-refractivity contribution in [1.82, 2.24) is 5.32 Å². The molecule has 0 saturated heterocycles. The van der Waals surface area contributed by atoms with Gasteiger partial charge in [-0.15, -0.1) is 0 Å². The van der Waals surface area contributed by atoms with E-state index in [0.29, 0.717) is 6.42 Å². The molecule has 5 heteroatoms. The molecule has 12 heavy (non-hydrogen) atoms. The summed E-state index contributed by atoms with van der Waals surface area (Å²) in [7, 11) is 0. The Balaban J connectivity index is 4.03. The molecule has 0 spiro atoms. The summed E-state index contributed by atoms with van der Waals surface area (Å²) in [6.07, 6.45) is 0.320. The molecule has 0 unspecified atom stereocenters. The summed E-state index contributed by atoms with van der Waals surface area (Å²) >= 11 is 0. The Morgan fingerprint density at radius 2 is 2.08 bits per heavy atom. The molecule has 0 radical (unpaired) electrons. The van der Waals surface area contributed by atoms with Crippen LogP contribution in [0.1, 0.15) is 20.3 Å². The molecule has 0 aromatic rings. The predicted octanol–water partition coefficient (Wildman–Crippen LogP) is -2.74. The van der Waals surface area contributed by atoms with Crippen LogP contribution >= 0.6 is 0 Å². The predicted molar refractivity (Wildman–Crippen MR) is 39.6 cm³/mol. The van der Waals surface area contributed by atoms with Crippen LogP contribution in [-0.4, -0.2) is 24.0 Å². The zero-order valence-corrected chi connectivity index (χ0v) is 7.29. The highest BCUT2D eigenvalue weighted by Crippen LogP contribution is 1.88. The summed E-state index contributed by atoms with van der Waals surface area (Å²) in [5.41, 5.74) is 3.46. The SMILES string of the molecule is CC[C@H](NC(=O)[C@H](C)[NH3+])C(=O)[O-]. The highest BCUT2D eigenvalue weighted by molar-refractivity contribution is 5.84. The highest BCUT2D eigenvalue weighted by atomic mass is 16.4. The molecule has 2 atom stereocenters. The topological polar surface area (TPSA) is 96.9 Å². The van der Waals surface area contributed by atoms with Gasteiger partial charge in [0.05, 0.1) is 12.0 Å². The van der Waals surface area contributed by atoms with E-state index in [-0.39, 0.29) is 5.91 Å². The lowest BCUT2D eigenvalue weighted by Crippen LogP contribution is -2.67. The first-order chi connectivity index (χ1) is 5.49. The van der Waals surface area contributed by atoms with Crippen LogP contribution in [0, 0.1) is 0 Å². The Hall–Kier alpha value is -1.10. The van der Waals surface area contributed by atoms with Gasteiger partial charge in [0, 0.05) is 0 Å². The molecule has 4 N–H and O–H groups in total. The van der Waals surface area contributed by atoms with Gasteiger partial charge in [0.2, 0.25) is 0 Å². The van der Waals surface area contributed by atoms with Gasteiger partial charge in [0.1, 0.15) is 0 Å². The fourth-order valence-corrected chi connectivity index (χ4v) is 0.642. The van der Waals surface area contributed by atoms with E-state index >= 15 is 0 Å². The molecule has 0 aliphatic carbocycles. The lowest BCUT2D eigenvalue weighted by molar-refractivity contribution is -0.398. The van der Waals surface area contributed by atoms with Gasteiger partial charge in [-0.05, 0) is 13.3 Å². The number of nitrogens with one attached hydrogen (secondary N) is 1. The van der Waals surface area contributed by atoms with Gasteiger partial charge in [0.25, 0.3) is 5.91 Å². The van der Waals surface area contributed by atoms with E-state index in [4.69, 9.17) is 0 Å². The number of hydrogen-bond acceptors (Lipinski definition) is 3. The molecule has 5 nitrogen and oxygen atoms in total. The Morgan fingerprint density at radius 3 is 2.33 bits per heavy atom. The van der Waals surface area contributed by atoms with Crippen LogP contribution in [0.3, 0.4) is 0 Å². The summed E-state index contributed by atoms with van der Waals surface area (Å²) in [4.78, 5) is 21.3. The zero-order chi connectivity index (χ0) is 9.72. The Bertz CT molecular complexity index is 179. The second-order valence-corrected chi connectivity index (χ2v) is 2.69. The molecule has 0 aromatic carbocycles. The van der Waals surface area contributed by atoms with Crippen LogP contribution in [0.2, 0.25) is 0 Å². The molecule has 0 rings (SSSR count). The van der Waals surface area contributed by atoms with Crippen molar-refractivity contribution >= 4 is 11.9 Å². The Kier molecular flexibility index (Phi) is 4.28. The van der Waals surface area contributed by atoms with E-state index < -0.39 is 18.1 Å². The van der Waals surface area contributed by atoms with Crippen molar-refractivity contribution in [2.45, 2.75) is 32.4 Å². The van der Waals surface area contributed by atoms with Gasteiger partial charge >= 0.3 is 0 Å². The molecule has 0 saturated carbocycles. The number of hydrogen-bond donors (Lipinski definition) is 2. The lowest BCUT2D eigenvalue weighted by atomic mass is 10.2. The van der Waals surface area contributed by atoms with E-state index in [1.807, 2.05) is 0 Å². The first-order valence-electron chi connectivity index (χ1n) is 3.83. The number of amides is 1. The third-order valence-electron chi connectivity index (χ3n) is 1.46. The maximum Gasteiger partial charge on any atom is 0.278 e. The van der Waals surface area contributed by atoms with Gasteiger partial charge < -0.3 is 21.0 Å². The fraction of sp³-hybridized carbons (Fsp3) is 0.714. The van der Waals surface area contributed by atoms with Crippen molar-refractivity contribution in [3.63, 3.8) is 0 Å². The van der Waals surface area contributed by atoms with Crippen LogP contribution < -0.4 is 16.2 Å². The monoisotopic (exact) mass is 174 g/mol. The number of carbonyl (C=O) groups excluding carboxylic acids is 2. The maximum atomic E-state index is 11.0. The second-order valence-electron chi connectivity index (χ2n) is 2.69. The summed E-state index contributed by atoms with van der Waals surface area (Å²) in [6, 6.07) is -1.35. The molecule has 0 bridgehead atoms. The molecule has 0 aliphatic heterocycles. The third kappa shape index (κ3) is 3.34. The summed E-state index contributed by atoms with van der Waals surface area (Å²) in [5, 5.41) is 12.6. The largest absolute Gasteiger partial charge is 0.548 e. The summed E-state index contributed by atoms with van der Waals surface area (Å²) in [5.74, 6) is -1.63. The van der Waals surface area contributed by atoms with E-state index in [0.717, 1.165) is 0 Å². The average molecular weight is 174 g/mol. The van der Waals surface area contributed by atoms with Gasteiger partial charge in [-0.1, -0.05) is 6.92 Å². The normalized spacial score (nSPS) is 14.9. The molecule has 0 fully saturated rings. The van der Waals surface area contributed by atoms with Crippen LogP contribution in [0.4, 0.5) is 0 Å². The first kappa shape index (κ1) is 10.9. The number of aliphatic carboxylic acids is 1. The maximum absolute atomic E-state index is 11.0. The minimum absolute atomic E-state index is 0.320. The molecular weight excluding hydrogens is 160 g/mol. The number of rotatable bonds is 4. The van der Waals surface area contributed by atoms with E-state index in [1.165, 1.54) is 0 Å². The van der Waals surface area contributed by atoms with E-state index in [1.54, 1.807) is 13.8 Å². The molecule has 1 amide bonds. The van der Waals surface area contributed by atoms with Crippen molar-refractivity contribution in [3.8, 4) is 0 Å². The third-order valence-corrected chi connectivity index (χ3v) is 1.46. The van der Waals surface area contributed by atoms with Crippen molar-refractivity contribution in [1.29, 1.82) is 0 Å². The summed E-state index contributed by atoms with van der Waals surface area (Å²) < 4.78 is 0. The highest BCUT2D eigenvalue weighted by Gasteiger charge is 2.15. The standard InChI is InChI=1S/C7H14N2O3/c1-3-5(7(11)12)9-6(10)4(2)8/h4-5H,3,8H2,1-2H3,(H,9,10)(H,11,12)/t4-,5-/m0/s1. The smallest absolute Gasteiger partial charge is 0.278 e. The molecule has 0 aromatic heterocycles. The lowest BCUT2D eigenvalue weighted by Gasteiger charge is -2.17. The molecule has 70 valence electrons. The number of quaternary nitrogens is 1. The van der Waals surface area contributed by atoms with Gasteiger partial charge in [-0.2, -0.15) is 0 Å². The quantitative estimate of drug-likeness (QED) is 0.484. The van der Waals surface area contributed by atoms with Crippen molar-refractivity contribution in [2.75, 3.05) is 0 Å². The van der Waals surface area contributed by atoms with E-state index in [9.17, 15) is 14.7 Å². The average Bonchev–Trinajstić information content (AvgIpc) is 1.98. The van der Waals surface area contributed by atoms with Crippen LogP contribution in [0.25, 0.3) is 0 Å². The molecule has 0 aliphatic rings. The van der Waals surface area contributed by atoms with Crippen molar-refractivity contribution < 1.29 is 20.4 Å². The zero-order valence-electron chi connectivity index (χ0n) is 7.29. The van der Waals surface area contributed by atoms with Crippen LogP contribution in [0.5, 0.6) is 0 Å². The number of carboxylic acids is 1. The van der Waals surface area contributed by atoms with Gasteiger partial charge in [0.15, 0.2) is 6.04 Å². The van der Waals surface area contributed by atoms with Gasteiger partial charge in [-0.3, -0.25) is 4.79 Å². The minimum atomic E-state index is -1.26. The summed E-state index contributed by atoms with van der Waals surface area (Å²) in [6.45, 7) is 3.26. The van der Waals surface area contributed by atoms with Crippen molar-refractivity contribution in [3.05, 3.63) is 0 Å². The second kappa shape index (κ2) is 4.71. The Labute approximate surface area is 70.9 Å². The van der Waals surface area contributed by atoms with Crippen molar-refractivity contribution in [2.24, 2.45) is 0 Å². The first-order valence-corrected chi connectivity index (χ1v) is 3.83. The number of carboxylic acid groups (broad SMARTS) is 1. The molecule has 0 heterocycles. The van der Waals surface area contributed by atoms with Crippen LogP contribution in [-0.2, 0) is 9.59 Å². The van der Waals surface area contributed by atoms with Crippen LogP contribution in [0.15, 0.2) is 0 Å². The molecular formula is C7H14N2O3. The van der Waals surface area contributed by atoms with E-state index in [2.05, 4.69) is 11.1 Å².